The Morgan fingerprint density at radius 3 is 2.26 bits per heavy atom. The van der Waals surface area contributed by atoms with E-state index >= 15 is 0 Å². The lowest BCUT2D eigenvalue weighted by Gasteiger charge is -2.06. The van der Waals surface area contributed by atoms with Crippen molar-refractivity contribution in [2.75, 3.05) is 5.32 Å². The van der Waals surface area contributed by atoms with Crippen molar-refractivity contribution in [3.05, 3.63) is 69.8 Å². The monoisotopic (exact) mass is 253 g/mol. The Morgan fingerprint density at radius 2 is 1.74 bits per heavy atom. The van der Waals surface area contributed by atoms with E-state index in [1.54, 1.807) is 24.3 Å². The Balaban J connectivity index is 1.98. The molecule has 2 rings (SSSR count). The summed E-state index contributed by atoms with van der Waals surface area (Å²) in [7, 11) is 0. The third kappa shape index (κ3) is 3.30. The molecule has 0 aliphatic rings. The largest absolute Gasteiger partial charge is 0.381 e. The number of nitro benzene ring substituents is 1. The first kappa shape index (κ1) is 12.6. The molecule has 5 nitrogen and oxygen atoms in total. The van der Waals surface area contributed by atoms with Crippen LogP contribution in [-0.2, 0) is 6.54 Å². The predicted octanol–water partition coefficient (Wildman–Crippen LogP) is 3.08. The van der Waals surface area contributed by atoms with Crippen LogP contribution in [0.5, 0.6) is 0 Å². The summed E-state index contributed by atoms with van der Waals surface area (Å²) in [5.74, 6) is 0. The number of hydrogen-bond acceptors (Lipinski definition) is 4. The van der Waals surface area contributed by atoms with Crippen LogP contribution < -0.4 is 5.32 Å². The number of nitrogens with one attached hydrogen (secondary N) is 1. The Kier molecular flexibility index (Phi) is 3.74. The molecule has 5 heteroatoms. The average molecular weight is 253 g/mol. The standard InChI is InChI=1S/C14H11N3O2/c15-9-11-1-5-13(6-2-11)16-10-12-3-7-14(8-4-12)17(18)19/h1-8,16H,10H2. The second-order valence-corrected chi connectivity index (χ2v) is 3.97. The third-order valence-corrected chi connectivity index (χ3v) is 2.66. The molecular formula is C14H11N3O2. The SMILES string of the molecule is N#Cc1ccc(NCc2ccc([N+](=O)[O-])cc2)cc1. The van der Waals surface area contributed by atoms with Crippen molar-refractivity contribution >= 4 is 11.4 Å². The fourth-order valence-corrected chi connectivity index (χ4v) is 1.60. The van der Waals surface area contributed by atoms with Crippen LogP contribution in [0.1, 0.15) is 11.1 Å². The van der Waals surface area contributed by atoms with Crippen LogP contribution in [0.4, 0.5) is 11.4 Å². The molecule has 0 unspecified atom stereocenters. The van der Waals surface area contributed by atoms with E-state index in [0.717, 1.165) is 11.3 Å². The lowest BCUT2D eigenvalue weighted by Crippen LogP contribution is -1.99. The maximum absolute atomic E-state index is 10.5. The molecule has 0 aliphatic carbocycles. The lowest BCUT2D eigenvalue weighted by molar-refractivity contribution is -0.384. The minimum Gasteiger partial charge on any atom is -0.381 e. The summed E-state index contributed by atoms with van der Waals surface area (Å²) < 4.78 is 0. The molecule has 0 radical (unpaired) electrons. The van der Waals surface area contributed by atoms with Crippen molar-refractivity contribution in [1.29, 1.82) is 5.26 Å². The number of nitriles is 1. The molecule has 0 heterocycles. The molecule has 0 atom stereocenters. The molecule has 0 bridgehead atoms. The predicted molar refractivity (Wildman–Crippen MR) is 71.6 cm³/mol. The van der Waals surface area contributed by atoms with Crippen LogP contribution in [0, 0.1) is 21.4 Å². The van der Waals surface area contributed by atoms with Crippen LogP contribution in [0.25, 0.3) is 0 Å². The van der Waals surface area contributed by atoms with Gasteiger partial charge < -0.3 is 5.32 Å². The van der Waals surface area contributed by atoms with E-state index in [-0.39, 0.29) is 5.69 Å². The molecule has 1 N–H and O–H groups in total. The van der Waals surface area contributed by atoms with Gasteiger partial charge in [0.05, 0.1) is 16.6 Å². The van der Waals surface area contributed by atoms with Gasteiger partial charge in [0, 0.05) is 24.4 Å². The molecular weight excluding hydrogens is 242 g/mol. The number of nitrogens with zero attached hydrogens (tertiary/aromatic N) is 2. The molecule has 0 aliphatic heterocycles. The highest BCUT2D eigenvalue weighted by Crippen LogP contribution is 2.14. The van der Waals surface area contributed by atoms with Crippen molar-refractivity contribution in [3.63, 3.8) is 0 Å². The Morgan fingerprint density at radius 1 is 1.11 bits per heavy atom. The zero-order valence-electron chi connectivity index (χ0n) is 10.0. The minimum atomic E-state index is -0.419. The molecule has 94 valence electrons. The molecule has 2 aromatic carbocycles. The summed E-state index contributed by atoms with van der Waals surface area (Å²) >= 11 is 0. The first-order valence-corrected chi connectivity index (χ1v) is 5.66. The number of rotatable bonds is 4. The van der Waals surface area contributed by atoms with Gasteiger partial charge >= 0.3 is 0 Å². The topological polar surface area (TPSA) is 79.0 Å². The first-order valence-electron chi connectivity index (χ1n) is 5.66. The fourth-order valence-electron chi connectivity index (χ4n) is 1.60. The van der Waals surface area contributed by atoms with Crippen LogP contribution in [-0.4, -0.2) is 4.92 Å². The molecule has 0 aromatic heterocycles. The van der Waals surface area contributed by atoms with Crippen LogP contribution in [0.15, 0.2) is 48.5 Å². The van der Waals surface area contributed by atoms with Gasteiger partial charge in [-0.15, -0.1) is 0 Å². The van der Waals surface area contributed by atoms with Crippen molar-refractivity contribution in [2.24, 2.45) is 0 Å². The summed E-state index contributed by atoms with van der Waals surface area (Å²) in [4.78, 5) is 10.1. The van der Waals surface area contributed by atoms with Crippen LogP contribution in [0.2, 0.25) is 0 Å². The van der Waals surface area contributed by atoms with Gasteiger partial charge in [-0.3, -0.25) is 10.1 Å². The van der Waals surface area contributed by atoms with Gasteiger partial charge in [0.15, 0.2) is 0 Å². The molecule has 2 aromatic rings. The third-order valence-electron chi connectivity index (χ3n) is 2.66. The highest BCUT2D eigenvalue weighted by Gasteiger charge is 2.03. The maximum Gasteiger partial charge on any atom is 0.269 e. The molecule has 0 amide bonds. The van der Waals surface area contributed by atoms with E-state index in [0.29, 0.717) is 12.1 Å². The van der Waals surface area contributed by atoms with Gasteiger partial charge in [0.25, 0.3) is 5.69 Å². The maximum atomic E-state index is 10.5. The number of hydrogen-bond donors (Lipinski definition) is 1. The van der Waals surface area contributed by atoms with E-state index in [9.17, 15) is 10.1 Å². The van der Waals surface area contributed by atoms with Gasteiger partial charge in [-0.1, -0.05) is 12.1 Å². The van der Waals surface area contributed by atoms with Crippen molar-refractivity contribution in [1.82, 2.24) is 0 Å². The zero-order valence-corrected chi connectivity index (χ0v) is 10.0. The Hall–Kier alpha value is -2.87. The van der Waals surface area contributed by atoms with E-state index in [1.165, 1.54) is 12.1 Å². The van der Waals surface area contributed by atoms with E-state index in [1.807, 2.05) is 12.1 Å². The normalized spacial score (nSPS) is 9.63. The van der Waals surface area contributed by atoms with Gasteiger partial charge in [-0.05, 0) is 29.8 Å². The molecule has 19 heavy (non-hydrogen) atoms. The summed E-state index contributed by atoms with van der Waals surface area (Å²) in [6.07, 6.45) is 0. The van der Waals surface area contributed by atoms with Gasteiger partial charge in [-0.25, -0.2) is 0 Å². The quantitative estimate of drug-likeness (QED) is 0.670. The smallest absolute Gasteiger partial charge is 0.269 e. The van der Waals surface area contributed by atoms with Crippen LogP contribution >= 0.6 is 0 Å². The van der Waals surface area contributed by atoms with E-state index in [2.05, 4.69) is 11.4 Å². The summed E-state index contributed by atoms with van der Waals surface area (Å²) in [6, 6.07) is 15.6. The molecule has 0 spiro atoms. The first-order chi connectivity index (χ1) is 9.19. The van der Waals surface area contributed by atoms with Gasteiger partial charge in [-0.2, -0.15) is 5.26 Å². The molecule has 0 saturated heterocycles. The highest BCUT2D eigenvalue weighted by atomic mass is 16.6. The number of anilines is 1. The highest BCUT2D eigenvalue weighted by molar-refractivity contribution is 5.47. The van der Waals surface area contributed by atoms with Crippen LogP contribution in [0.3, 0.4) is 0 Å². The van der Waals surface area contributed by atoms with Crippen molar-refractivity contribution < 1.29 is 4.92 Å². The van der Waals surface area contributed by atoms with Crippen molar-refractivity contribution in [2.45, 2.75) is 6.54 Å². The number of non-ortho nitro benzene ring substituents is 1. The summed E-state index contributed by atoms with van der Waals surface area (Å²) in [5.41, 5.74) is 2.55. The fraction of sp³-hybridized carbons (Fsp3) is 0.0714. The summed E-state index contributed by atoms with van der Waals surface area (Å²) in [6.45, 7) is 0.573. The Labute approximate surface area is 110 Å². The van der Waals surface area contributed by atoms with Crippen molar-refractivity contribution in [3.8, 4) is 6.07 Å². The molecule has 0 saturated carbocycles. The second kappa shape index (κ2) is 5.65. The molecule has 0 fully saturated rings. The number of benzene rings is 2. The van der Waals surface area contributed by atoms with Gasteiger partial charge in [0.2, 0.25) is 0 Å². The summed E-state index contributed by atoms with van der Waals surface area (Å²) in [5, 5.41) is 22.4. The lowest BCUT2D eigenvalue weighted by atomic mass is 10.2. The Bertz CT molecular complexity index is 613. The average Bonchev–Trinajstić information content (AvgIpc) is 2.46. The van der Waals surface area contributed by atoms with E-state index < -0.39 is 4.92 Å². The van der Waals surface area contributed by atoms with E-state index in [4.69, 9.17) is 5.26 Å². The number of nitro groups is 1. The second-order valence-electron chi connectivity index (χ2n) is 3.97. The zero-order chi connectivity index (χ0) is 13.7. The van der Waals surface area contributed by atoms with Gasteiger partial charge in [0.1, 0.15) is 0 Å². The minimum absolute atomic E-state index is 0.0853.